The number of anilines is 1. The lowest BCUT2D eigenvalue weighted by atomic mass is 9.90. The summed E-state index contributed by atoms with van der Waals surface area (Å²) in [6, 6.07) is 0. The minimum atomic E-state index is 0.495. The molecule has 20 heavy (non-hydrogen) atoms. The molecule has 0 radical (unpaired) electrons. The van der Waals surface area contributed by atoms with Crippen LogP contribution < -0.4 is 4.90 Å². The summed E-state index contributed by atoms with van der Waals surface area (Å²) >= 11 is 0. The van der Waals surface area contributed by atoms with Crippen molar-refractivity contribution in [3.05, 3.63) is 12.7 Å². The molecule has 0 amide bonds. The fraction of sp³-hybridized carbons (Fsp3) is 0.643. The molecule has 6 heteroatoms. The number of piperidine rings is 1. The molecule has 1 unspecified atom stereocenters. The van der Waals surface area contributed by atoms with E-state index in [1.54, 1.807) is 12.7 Å². The van der Waals surface area contributed by atoms with E-state index in [9.17, 15) is 0 Å². The van der Waals surface area contributed by atoms with E-state index in [1.807, 2.05) is 0 Å². The first kappa shape index (κ1) is 12.1. The van der Waals surface area contributed by atoms with Crippen LogP contribution in [-0.2, 0) is 4.74 Å². The highest BCUT2D eigenvalue weighted by atomic mass is 16.5. The van der Waals surface area contributed by atoms with E-state index in [-0.39, 0.29) is 0 Å². The summed E-state index contributed by atoms with van der Waals surface area (Å²) in [4.78, 5) is 18.3. The van der Waals surface area contributed by atoms with Crippen LogP contribution in [0.5, 0.6) is 0 Å². The summed E-state index contributed by atoms with van der Waals surface area (Å²) in [6.07, 6.45) is 8.62. The average molecular weight is 273 g/mol. The summed E-state index contributed by atoms with van der Waals surface area (Å²) in [5.74, 6) is 1.70. The van der Waals surface area contributed by atoms with Gasteiger partial charge in [0.05, 0.1) is 12.4 Å². The molecule has 2 saturated heterocycles. The molecular weight excluding hydrogens is 254 g/mol. The smallest absolute Gasteiger partial charge is 0.182 e. The molecule has 2 aliphatic rings. The molecular formula is C14H19N5O. The number of fused-ring (bicyclic) bond motifs is 1. The van der Waals surface area contributed by atoms with Crippen molar-refractivity contribution >= 4 is 17.0 Å². The second kappa shape index (κ2) is 5.01. The third kappa shape index (κ3) is 2.04. The molecule has 0 spiro atoms. The quantitative estimate of drug-likeness (QED) is 0.903. The average Bonchev–Trinajstić information content (AvgIpc) is 3.18. The Balaban J connectivity index is 1.50. The molecule has 0 saturated carbocycles. The zero-order valence-electron chi connectivity index (χ0n) is 11.5. The summed E-state index contributed by atoms with van der Waals surface area (Å²) in [7, 11) is 0. The van der Waals surface area contributed by atoms with Gasteiger partial charge in [-0.2, -0.15) is 0 Å². The number of nitrogens with one attached hydrogen (secondary N) is 1. The number of H-pyrrole nitrogens is 1. The van der Waals surface area contributed by atoms with Crippen molar-refractivity contribution in [3.63, 3.8) is 0 Å². The normalized spacial score (nSPS) is 24.6. The number of rotatable bonds is 2. The van der Waals surface area contributed by atoms with Gasteiger partial charge in [-0.15, -0.1) is 0 Å². The van der Waals surface area contributed by atoms with Crippen LogP contribution in [0.15, 0.2) is 12.7 Å². The number of ether oxygens (including phenoxy) is 1. The van der Waals surface area contributed by atoms with Crippen LogP contribution in [0.3, 0.4) is 0 Å². The van der Waals surface area contributed by atoms with Crippen molar-refractivity contribution in [2.24, 2.45) is 5.92 Å². The Kier molecular flexibility index (Phi) is 3.03. The highest BCUT2D eigenvalue weighted by molar-refractivity contribution is 5.82. The third-order valence-corrected chi connectivity index (χ3v) is 4.53. The first-order valence-electron chi connectivity index (χ1n) is 7.42. The highest BCUT2D eigenvalue weighted by Crippen LogP contribution is 2.31. The molecule has 0 aliphatic carbocycles. The van der Waals surface area contributed by atoms with Crippen molar-refractivity contribution in [1.29, 1.82) is 0 Å². The van der Waals surface area contributed by atoms with Gasteiger partial charge in [0.2, 0.25) is 0 Å². The summed E-state index contributed by atoms with van der Waals surface area (Å²) in [6.45, 7) is 3.02. The first-order chi connectivity index (χ1) is 9.92. The molecule has 4 heterocycles. The SMILES string of the molecule is c1nc(N2CCC(C3CCCO3)CC2)c2[nH]cnc2n1. The van der Waals surface area contributed by atoms with Gasteiger partial charge >= 0.3 is 0 Å². The minimum absolute atomic E-state index is 0.495. The Morgan fingerprint density at radius 3 is 2.85 bits per heavy atom. The van der Waals surface area contributed by atoms with Gasteiger partial charge in [-0.3, -0.25) is 0 Å². The van der Waals surface area contributed by atoms with Crippen LogP contribution in [0.4, 0.5) is 5.82 Å². The second-order valence-corrected chi connectivity index (χ2v) is 5.67. The molecule has 2 aliphatic heterocycles. The lowest BCUT2D eigenvalue weighted by molar-refractivity contribution is 0.0531. The van der Waals surface area contributed by atoms with Gasteiger partial charge in [-0.05, 0) is 31.6 Å². The van der Waals surface area contributed by atoms with Crippen molar-refractivity contribution in [1.82, 2.24) is 19.9 Å². The molecule has 1 atom stereocenters. The largest absolute Gasteiger partial charge is 0.378 e. The molecule has 2 fully saturated rings. The number of nitrogens with zero attached hydrogens (tertiary/aromatic N) is 4. The van der Waals surface area contributed by atoms with E-state index in [0.717, 1.165) is 36.7 Å². The number of hydrogen-bond donors (Lipinski definition) is 1. The van der Waals surface area contributed by atoms with Crippen molar-refractivity contribution in [2.45, 2.75) is 31.8 Å². The molecule has 2 aromatic rings. The summed E-state index contributed by atoms with van der Waals surface area (Å²) in [5, 5.41) is 0. The van der Waals surface area contributed by atoms with Crippen LogP contribution >= 0.6 is 0 Å². The molecule has 1 N–H and O–H groups in total. The Labute approximate surface area is 117 Å². The lowest BCUT2D eigenvalue weighted by Gasteiger charge is -2.35. The maximum absolute atomic E-state index is 5.83. The van der Waals surface area contributed by atoms with Crippen molar-refractivity contribution in [2.75, 3.05) is 24.6 Å². The number of aromatic nitrogens is 4. The van der Waals surface area contributed by atoms with Crippen LogP contribution in [0, 0.1) is 5.92 Å². The maximum Gasteiger partial charge on any atom is 0.182 e. The van der Waals surface area contributed by atoms with Crippen molar-refractivity contribution in [3.8, 4) is 0 Å². The third-order valence-electron chi connectivity index (χ3n) is 4.53. The number of aromatic amines is 1. The Morgan fingerprint density at radius 2 is 2.05 bits per heavy atom. The molecule has 4 rings (SSSR count). The van der Waals surface area contributed by atoms with E-state index in [4.69, 9.17) is 4.74 Å². The predicted octanol–water partition coefficient (Wildman–Crippen LogP) is 1.75. The maximum atomic E-state index is 5.83. The van der Waals surface area contributed by atoms with E-state index in [1.165, 1.54) is 25.7 Å². The lowest BCUT2D eigenvalue weighted by Crippen LogP contribution is -2.38. The first-order valence-corrected chi connectivity index (χ1v) is 7.42. The van der Waals surface area contributed by atoms with Crippen molar-refractivity contribution < 1.29 is 4.74 Å². The highest BCUT2D eigenvalue weighted by Gasteiger charge is 2.30. The van der Waals surface area contributed by atoms with Gasteiger partial charge in [-0.1, -0.05) is 0 Å². The van der Waals surface area contributed by atoms with Gasteiger partial charge in [0.15, 0.2) is 11.5 Å². The number of imidazole rings is 1. The monoisotopic (exact) mass is 273 g/mol. The fourth-order valence-corrected chi connectivity index (χ4v) is 3.45. The molecule has 106 valence electrons. The predicted molar refractivity (Wildman–Crippen MR) is 75.6 cm³/mol. The molecule has 6 nitrogen and oxygen atoms in total. The second-order valence-electron chi connectivity index (χ2n) is 5.67. The van der Waals surface area contributed by atoms with Gasteiger partial charge < -0.3 is 14.6 Å². The molecule has 0 bridgehead atoms. The summed E-state index contributed by atoms with van der Waals surface area (Å²) in [5.41, 5.74) is 1.69. The van der Waals surface area contributed by atoms with Crippen LogP contribution in [0.25, 0.3) is 11.2 Å². The molecule has 0 aromatic carbocycles. The van der Waals surface area contributed by atoms with E-state index < -0.39 is 0 Å². The van der Waals surface area contributed by atoms with Crippen LogP contribution in [0.2, 0.25) is 0 Å². The topological polar surface area (TPSA) is 66.9 Å². The number of hydrogen-bond acceptors (Lipinski definition) is 5. The van der Waals surface area contributed by atoms with E-state index in [2.05, 4.69) is 24.8 Å². The zero-order chi connectivity index (χ0) is 13.4. The minimum Gasteiger partial charge on any atom is -0.378 e. The van der Waals surface area contributed by atoms with Gasteiger partial charge in [0.25, 0.3) is 0 Å². The zero-order valence-corrected chi connectivity index (χ0v) is 11.5. The van der Waals surface area contributed by atoms with E-state index in [0.29, 0.717) is 12.0 Å². The van der Waals surface area contributed by atoms with E-state index >= 15 is 0 Å². The van der Waals surface area contributed by atoms with Gasteiger partial charge in [0, 0.05) is 19.7 Å². The molecule has 2 aromatic heterocycles. The van der Waals surface area contributed by atoms with Crippen LogP contribution in [0.1, 0.15) is 25.7 Å². The Hall–Kier alpha value is -1.69. The fourth-order valence-electron chi connectivity index (χ4n) is 3.45. The Bertz CT molecular complexity index is 584. The Morgan fingerprint density at radius 1 is 1.15 bits per heavy atom. The summed E-state index contributed by atoms with van der Waals surface area (Å²) < 4.78 is 5.83. The van der Waals surface area contributed by atoms with Gasteiger partial charge in [0.1, 0.15) is 11.8 Å². The van der Waals surface area contributed by atoms with Gasteiger partial charge in [-0.25, -0.2) is 15.0 Å². The van der Waals surface area contributed by atoms with Crippen LogP contribution in [-0.4, -0.2) is 45.7 Å². The standard InChI is InChI=1S/C14H19N5O/c1-2-11(20-7-1)10-3-5-19(6-4-10)14-12-13(16-8-15-12)17-9-18-14/h8-11H,1-7H2,(H,15,16,17,18).